The highest BCUT2D eigenvalue weighted by molar-refractivity contribution is 6.33. The molecular formula is C22H29ClN6O2. The lowest BCUT2D eigenvalue weighted by molar-refractivity contribution is 0.122. The Kier molecular flexibility index (Phi) is 5.79. The van der Waals surface area contributed by atoms with Crippen LogP contribution >= 0.6 is 11.6 Å². The number of morpholine rings is 1. The van der Waals surface area contributed by atoms with Gasteiger partial charge >= 0.3 is 0 Å². The fraction of sp³-hybridized carbons (Fsp3) is 0.500. The predicted molar refractivity (Wildman–Crippen MR) is 123 cm³/mol. The summed E-state index contributed by atoms with van der Waals surface area (Å²) in [6.45, 7) is 5.92. The third-order valence-electron chi connectivity index (χ3n) is 6.25. The molecule has 0 aliphatic carbocycles. The Morgan fingerprint density at radius 2 is 1.97 bits per heavy atom. The molecule has 2 saturated heterocycles. The molecule has 2 fully saturated rings. The Hall–Kier alpha value is -2.26. The van der Waals surface area contributed by atoms with Crippen molar-refractivity contribution in [2.24, 2.45) is 16.6 Å². The molecule has 0 radical (unpaired) electrons. The maximum atomic E-state index is 6.80. The van der Waals surface area contributed by atoms with Crippen LogP contribution in [0.4, 0.5) is 11.4 Å². The van der Waals surface area contributed by atoms with E-state index >= 15 is 0 Å². The highest BCUT2D eigenvalue weighted by Crippen LogP contribution is 2.34. The van der Waals surface area contributed by atoms with E-state index in [4.69, 9.17) is 31.5 Å². The third-order valence-corrected chi connectivity index (χ3v) is 6.55. The minimum Gasteiger partial charge on any atom is -0.459 e. The smallest absolute Gasteiger partial charge is 0.191 e. The highest BCUT2D eigenvalue weighted by Gasteiger charge is 2.37. The summed E-state index contributed by atoms with van der Waals surface area (Å²) in [6.07, 6.45) is 3.92. The number of piperidine rings is 1. The molecule has 31 heavy (non-hydrogen) atoms. The van der Waals surface area contributed by atoms with E-state index in [1.807, 2.05) is 24.3 Å². The maximum Gasteiger partial charge on any atom is 0.191 e. The van der Waals surface area contributed by atoms with E-state index in [1.165, 1.54) is 0 Å². The lowest BCUT2D eigenvalue weighted by Gasteiger charge is -2.38. The summed E-state index contributed by atoms with van der Waals surface area (Å²) in [6, 6.07) is 7.83. The lowest BCUT2D eigenvalue weighted by Crippen LogP contribution is -2.61. The summed E-state index contributed by atoms with van der Waals surface area (Å²) in [7, 11) is 0. The summed E-state index contributed by atoms with van der Waals surface area (Å²) in [4.78, 5) is 7.10. The summed E-state index contributed by atoms with van der Waals surface area (Å²) in [5, 5.41) is 10.8. The molecule has 1 atom stereocenters. The number of ether oxygens (including phenoxy) is 1. The van der Waals surface area contributed by atoms with Crippen LogP contribution in [0.1, 0.15) is 24.2 Å². The average molecular weight is 445 g/mol. The first-order valence-corrected chi connectivity index (χ1v) is 11.3. The Labute approximate surface area is 187 Å². The van der Waals surface area contributed by atoms with Crippen molar-refractivity contribution >= 4 is 28.8 Å². The van der Waals surface area contributed by atoms with Crippen molar-refractivity contribution in [2.45, 2.75) is 18.6 Å². The molecule has 4 heterocycles. The van der Waals surface area contributed by atoms with Gasteiger partial charge < -0.3 is 30.0 Å². The average Bonchev–Trinajstić information content (AvgIpc) is 3.27. The monoisotopic (exact) mass is 444 g/mol. The first kappa shape index (κ1) is 20.6. The van der Waals surface area contributed by atoms with Crippen LogP contribution < -0.4 is 26.6 Å². The number of benzene rings is 1. The minimum absolute atomic E-state index is 0.568. The van der Waals surface area contributed by atoms with Gasteiger partial charge in [-0.05, 0) is 44.0 Å². The Bertz CT molecular complexity index is 951. The topological polar surface area (TPSA) is 100 Å². The van der Waals surface area contributed by atoms with Crippen LogP contribution in [0, 0.1) is 5.92 Å². The summed E-state index contributed by atoms with van der Waals surface area (Å²) in [5.41, 5.74) is 9.45. The number of fused-ring (bicyclic) bond motifs is 1. The van der Waals surface area contributed by atoms with Crippen molar-refractivity contribution in [1.29, 1.82) is 0 Å². The standard InChI is InChI=1S/C22H29ClN6O2/c23-17-13-16(1-2-19(17)29-8-11-30-12-9-29)22(24)27-18-5-10-31-20(18)21(28-22)26-14-15-3-6-25-7-4-15/h1-2,5,10,13,15,25,27H,3-4,6-9,11-12,14,24H2,(H,26,28). The number of anilines is 2. The molecule has 0 amide bonds. The maximum absolute atomic E-state index is 6.80. The van der Waals surface area contributed by atoms with E-state index in [-0.39, 0.29) is 0 Å². The Morgan fingerprint density at radius 1 is 1.16 bits per heavy atom. The van der Waals surface area contributed by atoms with E-state index in [9.17, 15) is 0 Å². The fourth-order valence-corrected chi connectivity index (χ4v) is 4.73. The quantitative estimate of drug-likeness (QED) is 0.574. The van der Waals surface area contributed by atoms with Crippen LogP contribution in [0.15, 0.2) is 39.9 Å². The number of hydrogen-bond acceptors (Lipinski definition) is 7. The van der Waals surface area contributed by atoms with Gasteiger partial charge in [-0.1, -0.05) is 17.7 Å². The summed E-state index contributed by atoms with van der Waals surface area (Å²) < 4.78 is 11.1. The molecule has 0 bridgehead atoms. The van der Waals surface area contributed by atoms with Gasteiger partial charge in [0.25, 0.3) is 0 Å². The molecule has 1 aromatic heterocycles. The molecular weight excluding hydrogens is 416 g/mol. The number of nitrogens with zero attached hydrogens (tertiary/aromatic N) is 2. The molecule has 8 nitrogen and oxygen atoms in total. The van der Waals surface area contributed by atoms with Crippen LogP contribution in [0.3, 0.4) is 0 Å². The van der Waals surface area contributed by atoms with E-state index < -0.39 is 5.79 Å². The molecule has 1 aromatic carbocycles. The zero-order valence-electron chi connectivity index (χ0n) is 17.5. The van der Waals surface area contributed by atoms with Crippen molar-refractivity contribution in [3.05, 3.63) is 46.9 Å². The van der Waals surface area contributed by atoms with Crippen molar-refractivity contribution in [3.63, 3.8) is 0 Å². The lowest BCUT2D eigenvalue weighted by atomic mass is 9.98. The SMILES string of the molecule is NC1(c2ccc(N3CCOCC3)c(Cl)c2)NC(=NCC2CCNCC2)c2occc2N1. The zero-order chi connectivity index (χ0) is 21.3. The normalized spacial score (nSPS) is 25.7. The predicted octanol–water partition coefficient (Wildman–Crippen LogP) is 2.30. The molecule has 2 aromatic rings. The van der Waals surface area contributed by atoms with Crippen molar-refractivity contribution in [3.8, 4) is 0 Å². The van der Waals surface area contributed by atoms with E-state index in [0.717, 1.165) is 62.5 Å². The minimum atomic E-state index is -1.04. The van der Waals surface area contributed by atoms with Crippen LogP contribution in [-0.4, -0.2) is 51.8 Å². The summed E-state index contributed by atoms with van der Waals surface area (Å²) in [5.74, 6) is 0.884. The van der Waals surface area contributed by atoms with E-state index in [0.29, 0.717) is 35.8 Å². The number of hydrogen-bond donors (Lipinski definition) is 4. The van der Waals surface area contributed by atoms with Crippen LogP contribution in [-0.2, 0) is 10.5 Å². The van der Waals surface area contributed by atoms with Crippen molar-refractivity contribution in [1.82, 2.24) is 10.6 Å². The Morgan fingerprint density at radius 3 is 2.74 bits per heavy atom. The van der Waals surface area contributed by atoms with Gasteiger partial charge in [0, 0.05) is 31.3 Å². The second kappa shape index (κ2) is 8.70. The van der Waals surface area contributed by atoms with Gasteiger partial charge in [0.2, 0.25) is 0 Å². The molecule has 5 N–H and O–H groups in total. The molecule has 0 spiro atoms. The number of amidine groups is 1. The number of halogens is 1. The van der Waals surface area contributed by atoms with Gasteiger partial charge in [0.1, 0.15) is 0 Å². The third kappa shape index (κ3) is 4.25. The molecule has 5 rings (SSSR count). The first-order chi connectivity index (χ1) is 15.1. The van der Waals surface area contributed by atoms with Gasteiger partial charge in [-0.15, -0.1) is 0 Å². The van der Waals surface area contributed by atoms with Crippen LogP contribution in [0.5, 0.6) is 0 Å². The van der Waals surface area contributed by atoms with Gasteiger partial charge in [-0.25, -0.2) is 0 Å². The first-order valence-electron chi connectivity index (χ1n) is 10.9. The van der Waals surface area contributed by atoms with Gasteiger partial charge in [0.15, 0.2) is 17.4 Å². The number of nitrogens with one attached hydrogen (secondary N) is 3. The number of rotatable bonds is 4. The fourth-order valence-electron chi connectivity index (χ4n) is 4.43. The largest absolute Gasteiger partial charge is 0.459 e. The van der Waals surface area contributed by atoms with E-state index in [2.05, 4.69) is 20.9 Å². The number of furan rings is 1. The number of nitrogens with two attached hydrogens (primary N) is 1. The van der Waals surface area contributed by atoms with Gasteiger partial charge in [-0.3, -0.25) is 10.7 Å². The highest BCUT2D eigenvalue weighted by atomic mass is 35.5. The van der Waals surface area contributed by atoms with E-state index in [1.54, 1.807) is 6.26 Å². The van der Waals surface area contributed by atoms with Gasteiger partial charge in [-0.2, -0.15) is 0 Å². The molecule has 166 valence electrons. The van der Waals surface area contributed by atoms with Crippen LogP contribution in [0.2, 0.25) is 5.02 Å². The summed E-state index contributed by atoms with van der Waals surface area (Å²) >= 11 is 6.67. The van der Waals surface area contributed by atoms with Gasteiger partial charge in [0.05, 0.1) is 35.9 Å². The second-order valence-electron chi connectivity index (χ2n) is 8.37. The Balaban J connectivity index is 1.40. The molecule has 3 aliphatic heterocycles. The van der Waals surface area contributed by atoms with Crippen molar-refractivity contribution in [2.75, 3.05) is 56.2 Å². The molecule has 3 aliphatic rings. The van der Waals surface area contributed by atoms with Crippen LogP contribution in [0.25, 0.3) is 0 Å². The number of aliphatic imine (C=N–C) groups is 1. The molecule has 9 heteroatoms. The molecule has 1 unspecified atom stereocenters. The van der Waals surface area contributed by atoms with Crippen molar-refractivity contribution < 1.29 is 9.15 Å². The second-order valence-corrected chi connectivity index (χ2v) is 8.78. The zero-order valence-corrected chi connectivity index (χ0v) is 18.3. The molecule has 0 saturated carbocycles.